The third-order valence-corrected chi connectivity index (χ3v) is 5.03. The van der Waals surface area contributed by atoms with Crippen molar-refractivity contribution in [2.75, 3.05) is 11.9 Å². The first-order chi connectivity index (χ1) is 11.9. The predicted octanol–water partition coefficient (Wildman–Crippen LogP) is 3.97. The molecule has 5 nitrogen and oxygen atoms in total. The van der Waals surface area contributed by atoms with Gasteiger partial charge in [-0.25, -0.2) is 0 Å². The summed E-state index contributed by atoms with van der Waals surface area (Å²) in [4.78, 5) is 18.4. The van der Waals surface area contributed by atoms with Crippen molar-refractivity contribution in [1.29, 1.82) is 0 Å². The minimum atomic E-state index is -0.503. The summed E-state index contributed by atoms with van der Waals surface area (Å²) in [5.74, 6) is 0.102. The monoisotopic (exact) mass is 333 g/mol. The highest BCUT2D eigenvalue weighted by Crippen LogP contribution is 2.43. The molecular formula is C20H19N3O2. The van der Waals surface area contributed by atoms with Gasteiger partial charge in [0.25, 0.3) is 0 Å². The van der Waals surface area contributed by atoms with Crippen molar-refractivity contribution in [1.82, 2.24) is 10.1 Å². The van der Waals surface area contributed by atoms with E-state index in [0.29, 0.717) is 0 Å². The number of pyridine rings is 1. The molecule has 1 aliphatic heterocycles. The molecule has 1 amide bonds. The molecule has 5 heteroatoms. The summed E-state index contributed by atoms with van der Waals surface area (Å²) in [6.07, 6.45) is 5.24. The average molecular weight is 333 g/mol. The molecule has 0 bridgehead atoms. The van der Waals surface area contributed by atoms with Gasteiger partial charge >= 0.3 is 0 Å². The van der Waals surface area contributed by atoms with E-state index in [0.717, 1.165) is 39.2 Å². The summed E-state index contributed by atoms with van der Waals surface area (Å²) in [5.41, 5.74) is 6.17. The van der Waals surface area contributed by atoms with Crippen LogP contribution in [0.5, 0.6) is 0 Å². The number of anilines is 1. The van der Waals surface area contributed by atoms with Gasteiger partial charge in [-0.1, -0.05) is 17.3 Å². The van der Waals surface area contributed by atoms with Crippen LogP contribution in [0.4, 0.5) is 5.69 Å². The Labute approximate surface area is 146 Å². The van der Waals surface area contributed by atoms with Crippen molar-refractivity contribution < 1.29 is 9.32 Å². The molecule has 1 aliphatic rings. The highest BCUT2D eigenvalue weighted by molar-refractivity contribution is 6.07. The molecular weight excluding hydrogens is 314 g/mol. The molecule has 4 rings (SSSR count). The van der Waals surface area contributed by atoms with E-state index in [1.807, 2.05) is 58.3 Å². The lowest BCUT2D eigenvalue weighted by Crippen LogP contribution is -2.33. The third kappa shape index (κ3) is 2.19. The molecule has 1 aromatic carbocycles. The van der Waals surface area contributed by atoms with Crippen LogP contribution in [0.3, 0.4) is 0 Å². The molecule has 0 saturated carbocycles. The Morgan fingerprint density at radius 3 is 2.72 bits per heavy atom. The van der Waals surface area contributed by atoms with Crippen molar-refractivity contribution in [3.8, 4) is 22.4 Å². The second-order valence-corrected chi connectivity index (χ2v) is 6.99. The first-order valence-electron chi connectivity index (χ1n) is 8.19. The Morgan fingerprint density at radius 1 is 1.16 bits per heavy atom. The first kappa shape index (κ1) is 15.6. The molecule has 0 radical (unpaired) electrons. The zero-order valence-electron chi connectivity index (χ0n) is 14.7. The van der Waals surface area contributed by atoms with Gasteiger partial charge in [0.05, 0.1) is 5.41 Å². The Bertz CT molecular complexity index is 988. The summed E-state index contributed by atoms with van der Waals surface area (Å²) in [6.45, 7) is 5.93. The second kappa shape index (κ2) is 5.28. The Hall–Kier alpha value is -2.95. The van der Waals surface area contributed by atoms with Gasteiger partial charge in [-0.2, -0.15) is 0 Å². The van der Waals surface area contributed by atoms with E-state index in [1.54, 1.807) is 17.4 Å². The SMILES string of the molecule is Cc1cnccc1-c1conc1-c1ccc2c(c1)N(C)C(=O)C2(C)C. The molecule has 3 aromatic rings. The van der Waals surface area contributed by atoms with E-state index < -0.39 is 5.41 Å². The number of rotatable bonds is 2. The number of carbonyl (C=O) groups excluding carboxylic acids is 1. The van der Waals surface area contributed by atoms with E-state index in [2.05, 4.69) is 10.1 Å². The van der Waals surface area contributed by atoms with Gasteiger partial charge in [-0.15, -0.1) is 0 Å². The van der Waals surface area contributed by atoms with Crippen LogP contribution in [-0.4, -0.2) is 23.1 Å². The maximum absolute atomic E-state index is 12.5. The molecule has 25 heavy (non-hydrogen) atoms. The summed E-state index contributed by atoms with van der Waals surface area (Å²) < 4.78 is 5.27. The lowest BCUT2D eigenvalue weighted by molar-refractivity contribution is -0.121. The number of aryl methyl sites for hydroxylation is 1. The van der Waals surface area contributed by atoms with Gasteiger partial charge in [-0.3, -0.25) is 9.78 Å². The average Bonchev–Trinajstić information content (AvgIpc) is 3.14. The molecule has 0 N–H and O–H groups in total. The number of hydrogen-bond donors (Lipinski definition) is 0. The van der Waals surface area contributed by atoms with Gasteiger partial charge < -0.3 is 9.42 Å². The molecule has 0 spiro atoms. The predicted molar refractivity (Wildman–Crippen MR) is 96.3 cm³/mol. The van der Waals surface area contributed by atoms with Gasteiger partial charge in [0.2, 0.25) is 5.91 Å². The van der Waals surface area contributed by atoms with Gasteiger partial charge in [0, 0.05) is 36.3 Å². The van der Waals surface area contributed by atoms with Gasteiger partial charge in [0.15, 0.2) is 0 Å². The van der Waals surface area contributed by atoms with E-state index in [-0.39, 0.29) is 5.91 Å². The fourth-order valence-corrected chi connectivity index (χ4v) is 3.54. The molecule has 0 fully saturated rings. The van der Waals surface area contributed by atoms with Crippen LogP contribution in [0, 0.1) is 6.92 Å². The molecule has 0 atom stereocenters. The molecule has 126 valence electrons. The van der Waals surface area contributed by atoms with Crippen LogP contribution in [0.2, 0.25) is 0 Å². The first-order valence-corrected chi connectivity index (χ1v) is 8.19. The van der Waals surface area contributed by atoms with Crippen molar-refractivity contribution in [3.63, 3.8) is 0 Å². The number of fused-ring (bicyclic) bond motifs is 1. The van der Waals surface area contributed by atoms with Crippen LogP contribution < -0.4 is 4.90 Å². The van der Waals surface area contributed by atoms with Crippen molar-refractivity contribution in [3.05, 3.63) is 54.0 Å². The van der Waals surface area contributed by atoms with Crippen LogP contribution in [-0.2, 0) is 10.2 Å². The molecule has 2 aromatic heterocycles. The van der Waals surface area contributed by atoms with Crippen molar-refractivity contribution >= 4 is 11.6 Å². The Balaban J connectivity index is 1.86. The highest BCUT2D eigenvalue weighted by atomic mass is 16.5. The number of nitrogens with zero attached hydrogens (tertiary/aromatic N) is 3. The zero-order valence-corrected chi connectivity index (χ0v) is 14.7. The summed E-state index contributed by atoms with van der Waals surface area (Å²) in [5, 5.41) is 4.21. The largest absolute Gasteiger partial charge is 0.363 e. The number of hydrogen-bond acceptors (Lipinski definition) is 4. The third-order valence-electron chi connectivity index (χ3n) is 5.03. The van der Waals surface area contributed by atoms with Crippen LogP contribution >= 0.6 is 0 Å². The molecule has 0 saturated heterocycles. The lowest BCUT2D eigenvalue weighted by Gasteiger charge is -2.16. The van der Waals surface area contributed by atoms with Gasteiger partial charge in [0.1, 0.15) is 12.0 Å². The summed E-state index contributed by atoms with van der Waals surface area (Å²) in [7, 11) is 1.82. The van der Waals surface area contributed by atoms with Crippen molar-refractivity contribution in [2.24, 2.45) is 0 Å². The summed E-state index contributed by atoms with van der Waals surface area (Å²) >= 11 is 0. The number of benzene rings is 1. The topological polar surface area (TPSA) is 59.2 Å². The van der Waals surface area contributed by atoms with E-state index in [4.69, 9.17) is 4.52 Å². The maximum atomic E-state index is 12.5. The minimum Gasteiger partial charge on any atom is -0.363 e. The molecule has 0 unspecified atom stereocenters. The maximum Gasteiger partial charge on any atom is 0.236 e. The lowest BCUT2D eigenvalue weighted by atomic mass is 9.85. The van der Waals surface area contributed by atoms with Crippen LogP contribution in [0.1, 0.15) is 25.0 Å². The quantitative estimate of drug-likeness (QED) is 0.712. The smallest absolute Gasteiger partial charge is 0.236 e. The molecule has 3 heterocycles. The van der Waals surface area contributed by atoms with E-state index >= 15 is 0 Å². The van der Waals surface area contributed by atoms with Gasteiger partial charge in [-0.05, 0) is 49.6 Å². The zero-order chi connectivity index (χ0) is 17.8. The van der Waals surface area contributed by atoms with E-state index in [9.17, 15) is 4.79 Å². The van der Waals surface area contributed by atoms with Crippen LogP contribution in [0.15, 0.2) is 47.4 Å². The molecule has 0 aliphatic carbocycles. The van der Waals surface area contributed by atoms with E-state index in [1.165, 1.54) is 0 Å². The number of amides is 1. The standard InChI is InChI=1S/C20H19N3O2/c1-12-10-21-8-7-14(12)15-11-25-22-18(15)13-5-6-16-17(9-13)23(4)19(24)20(16,2)3/h5-11H,1-4H3. The Morgan fingerprint density at radius 2 is 1.96 bits per heavy atom. The fourth-order valence-electron chi connectivity index (χ4n) is 3.54. The van der Waals surface area contributed by atoms with Crippen LogP contribution in [0.25, 0.3) is 22.4 Å². The Kier molecular flexibility index (Phi) is 3.29. The normalized spacial score (nSPS) is 15.5. The second-order valence-electron chi connectivity index (χ2n) is 6.99. The van der Waals surface area contributed by atoms with Crippen molar-refractivity contribution in [2.45, 2.75) is 26.2 Å². The summed E-state index contributed by atoms with van der Waals surface area (Å²) in [6, 6.07) is 7.99. The number of aromatic nitrogens is 2. The number of carbonyl (C=O) groups is 1. The fraction of sp³-hybridized carbons (Fsp3) is 0.250. The number of likely N-dealkylation sites (N-methyl/N-ethyl adjacent to an activating group) is 1. The highest BCUT2D eigenvalue weighted by Gasteiger charge is 2.42. The minimum absolute atomic E-state index is 0.102.